The molecule has 0 radical (unpaired) electrons. The number of furan rings is 1. The van der Waals surface area contributed by atoms with Crippen molar-refractivity contribution in [1.29, 1.82) is 0 Å². The van der Waals surface area contributed by atoms with Crippen molar-refractivity contribution in [3.05, 3.63) is 60.4 Å². The van der Waals surface area contributed by atoms with Gasteiger partial charge in [-0.05, 0) is 35.4 Å². The summed E-state index contributed by atoms with van der Waals surface area (Å²) in [6.45, 7) is 0. The number of likely N-dealkylation sites (N-methyl/N-ethyl adjacent to an activating group) is 2. The third kappa shape index (κ3) is 3.58. The number of hydrogen-bond acceptors (Lipinski definition) is 5. The van der Waals surface area contributed by atoms with Crippen LogP contribution < -0.4 is 10.8 Å². The Morgan fingerprint density at radius 3 is 2.32 bits per heavy atom. The van der Waals surface area contributed by atoms with E-state index in [4.69, 9.17) is 9.62 Å². The van der Waals surface area contributed by atoms with Crippen molar-refractivity contribution in [1.82, 2.24) is 15.7 Å². The van der Waals surface area contributed by atoms with Crippen LogP contribution in [0.15, 0.2) is 59.2 Å². The third-order valence-corrected chi connectivity index (χ3v) is 4.48. The number of carbonyl (C=O) groups excluding carboxylic acids is 3. The normalized spacial score (nSPS) is 11.7. The Morgan fingerprint density at radius 1 is 1.00 bits per heavy atom. The first-order chi connectivity index (χ1) is 13.5. The average Bonchev–Trinajstić information content (AvgIpc) is 3.20. The molecule has 8 heteroatoms. The van der Waals surface area contributed by atoms with Crippen molar-refractivity contribution < 1.29 is 24.0 Å². The largest absolute Gasteiger partial charge is 0.464 e. The highest BCUT2D eigenvalue weighted by Crippen LogP contribution is 2.25. The van der Waals surface area contributed by atoms with Gasteiger partial charge >= 0.3 is 0 Å². The summed E-state index contributed by atoms with van der Waals surface area (Å²) in [5.41, 5.74) is 4.28. The first kappa shape index (κ1) is 19.1. The molecule has 0 aliphatic rings. The van der Waals surface area contributed by atoms with Crippen LogP contribution in [0.2, 0.25) is 0 Å². The van der Waals surface area contributed by atoms with Gasteiger partial charge in [-0.25, -0.2) is 5.48 Å². The molecule has 3 amide bonds. The zero-order valence-corrected chi connectivity index (χ0v) is 15.3. The molecule has 3 N–H and O–H groups in total. The number of rotatable bonds is 5. The van der Waals surface area contributed by atoms with Crippen molar-refractivity contribution in [2.45, 2.75) is 6.04 Å². The Hall–Kier alpha value is -3.65. The average molecular weight is 381 g/mol. The van der Waals surface area contributed by atoms with E-state index in [0.717, 1.165) is 27.0 Å². The molecule has 28 heavy (non-hydrogen) atoms. The summed E-state index contributed by atoms with van der Waals surface area (Å²) in [5, 5.41) is 12.1. The molecule has 0 spiro atoms. The number of nitrogens with zero attached hydrogens (tertiary/aromatic N) is 1. The summed E-state index contributed by atoms with van der Waals surface area (Å²) in [4.78, 5) is 37.4. The number of hydrogen-bond donors (Lipinski definition) is 3. The van der Waals surface area contributed by atoms with Gasteiger partial charge in [-0.1, -0.05) is 24.3 Å². The van der Waals surface area contributed by atoms with E-state index in [2.05, 4.69) is 5.32 Å². The molecule has 0 bridgehead atoms. The van der Waals surface area contributed by atoms with E-state index in [1.54, 1.807) is 30.5 Å². The van der Waals surface area contributed by atoms with E-state index < -0.39 is 23.8 Å². The molecule has 3 aromatic rings. The van der Waals surface area contributed by atoms with Crippen LogP contribution in [0.25, 0.3) is 22.1 Å². The first-order valence-electron chi connectivity index (χ1n) is 8.46. The van der Waals surface area contributed by atoms with Gasteiger partial charge in [0.15, 0.2) is 6.04 Å². The van der Waals surface area contributed by atoms with Crippen LogP contribution in [0, 0.1) is 0 Å². The minimum atomic E-state index is -1.50. The lowest BCUT2D eigenvalue weighted by molar-refractivity contribution is -0.140. The molecular formula is C20H19N3O5. The van der Waals surface area contributed by atoms with Crippen LogP contribution >= 0.6 is 0 Å². The van der Waals surface area contributed by atoms with E-state index in [0.29, 0.717) is 5.56 Å². The Labute approximate surface area is 160 Å². The molecule has 1 unspecified atom stereocenters. The minimum Gasteiger partial charge on any atom is -0.464 e. The number of fused-ring (bicyclic) bond motifs is 1. The summed E-state index contributed by atoms with van der Waals surface area (Å²) in [6.07, 6.45) is 1.62. The molecule has 0 aliphatic carbocycles. The van der Waals surface area contributed by atoms with Crippen LogP contribution in [0.4, 0.5) is 0 Å². The fourth-order valence-corrected chi connectivity index (χ4v) is 2.93. The quantitative estimate of drug-likeness (QED) is 0.354. The molecule has 8 nitrogen and oxygen atoms in total. The molecule has 1 atom stereocenters. The maximum Gasteiger partial charge on any atom is 0.275 e. The van der Waals surface area contributed by atoms with Gasteiger partial charge < -0.3 is 14.6 Å². The van der Waals surface area contributed by atoms with Crippen molar-refractivity contribution in [2.75, 3.05) is 14.1 Å². The van der Waals surface area contributed by atoms with Crippen molar-refractivity contribution in [3.8, 4) is 11.1 Å². The van der Waals surface area contributed by atoms with Crippen LogP contribution in [0.1, 0.15) is 10.4 Å². The molecule has 0 aliphatic heterocycles. The van der Waals surface area contributed by atoms with E-state index in [1.807, 2.05) is 24.3 Å². The summed E-state index contributed by atoms with van der Waals surface area (Å²) >= 11 is 0. The second kappa shape index (κ2) is 7.93. The predicted molar refractivity (Wildman–Crippen MR) is 102 cm³/mol. The molecule has 1 aromatic heterocycles. The van der Waals surface area contributed by atoms with Crippen LogP contribution in [0.5, 0.6) is 0 Å². The van der Waals surface area contributed by atoms with Gasteiger partial charge in [0.1, 0.15) is 5.58 Å². The molecule has 1 heterocycles. The second-order valence-electron chi connectivity index (χ2n) is 6.16. The maximum absolute atomic E-state index is 12.7. The fraction of sp³-hybridized carbons (Fsp3) is 0.150. The Bertz CT molecular complexity index is 1010. The summed E-state index contributed by atoms with van der Waals surface area (Å²) in [7, 11) is 2.65. The van der Waals surface area contributed by atoms with Crippen molar-refractivity contribution >= 4 is 28.7 Å². The number of benzene rings is 2. The summed E-state index contributed by atoms with van der Waals surface area (Å²) in [6, 6.07) is 12.9. The number of nitrogens with one attached hydrogen (secondary N) is 2. The molecule has 0 saturated carbocycles. The van der Waals surface area contributed by atoms with Gasteiger partial charge in [0.05, 0.1) is 6.26 Å². The number of carbonyl (C=O) groups is 3. The summed E-state index contributed by atoms with van der Waals surface area (Å²) < 4.78 is 5.41. The highest BCUT2D eigenvalue weighted by Gasteiger charge is 2.33. The molecule has 2 aromatic carbocycles. The first-order valence-corrected chi connectivity index (χ1v) is 8.46. The zero-order chi connectivity index (χ0) is 20.3. The van der Waals surface area contributed by atoms with Gasteiger partial charge in [0.2, 0.25) is 0 Å². The topological polar surface area (TPSA) is 112 Å². The lowest BCUT2D eigenvalue weighted by Gasteiger charge is -2.25. The highest BCUT2D eigenvalue weighted by atomic mass is 16.5. The van der Waals surface area contributed by atoms with Crippen molar-refractivity contribution in [3.63, 3.8) is 0 Å². The standard InChI is InChI=1S/C20H19N3O5/c1-21-18(24)17(19(25)22-27)23(2)20(26)14-6-3-12(4-7-14)15-8-5-13-9-10-28-16(13)11-15/h3-11,17,27H,1-2H3,(H,21,24)(H,22,25). The molecule has 3 rings (SSSR count). The molecule has 144 valence electrons. The number of amides is 3. The van der Waals surface area contributed by atoms with E-state index in [-0.39, 0.29) is 0 Å². The second-order valence-corrected chi connectivity index (χ2v) is 6.16. The van der Waals surface area contributed by atoms with E-state index >= 15 is 0 Å². The SMILES string of the molecule is CNC(=O)C(C(=O)NO)N(C)C(=O)c1ccc(-c2ccc3ccoc3c2)cc1. The van der Waals surface area contributed by atoms with Gasteiger partial charge in [0, 0.05) is 25.0 Å². The Balaban J connectivity index is 1.84. The van der Waals surface area contributed by atoms with Gasteiger partial charge in [-0.2, -0.15) is 0 Å². The molecular weight excluding hydrogens is 362 g/mol. The molecule has 0 saturated heterocycles. The van der Waals surface area contributed by atoms with Gasteiger partial charge in [-0.3, -0.25) is 19.6 Å². The highest BCUT2D eigenvalue weighted by molar-refractivity contribution is 6.08. The van der Waals surface area contributed by atoms with Crippen LogP contribution in [0.3, 0.4) is 0 Å². The monoisotopic (exact) mass is 381 g/mol. The van der Waals surface area contributed by atoms with Gasteiger partial charge in [-0.15, -0.1) is 0 Å². The Morgan fingerprint density at radius 2 is 1.68 bits per heavy atom. The Kier molecular flexibility index (Phi) is 5.42. The third-order valence-electron chi connectivity index (χ3n) is 4.48. The van der Waals surface area contributed by atoms with Crippen LogP contribution in [-0.2, 0) is 9.59 Å². The molecule has 0 fully saturated rings. The fourth-order valence-electron chi connectivity index (χ4n) is 2.93. The predicted octanol–water partition coefficient (Wildman–Crippen LogP) is 1.79. The van der Waals surface area contributed by atoms with Gasteiger partial charge in [0.25, 0.3) is 17.7 Å². The van der Waals surface area contributed by atoms with E-state index in [9.17, 15) is 14.4 Å². The lowest BCUT2D eigenvalue weighted by atomic mass is 10.0. The number of hydroxylamine groups is 1. The summed E-state index contributed by atoms with van der Waals surface area (Å²) in [5.74, 6) is -2.26. The minimum absolute atomic E-state index is 0.296. The zero-order valence-electron chi connectivity index (χ0n) is 15.3. The van der Waals surface area contributed by atoms with E-state index in [1.165, 1.54) is 19.6 Å². The van der Waals surface area contributed by atoms with Crippen molar-refractivity contribution in [2.24, 2.45) is 0 Å². The smallest absolute Gasteiger partial charge is 0.275 e. The maximum atomic E-state index is 12.7. The van der Waals surface area contributed by atoms with Crippen LogP contribution in [-0.4, -0.2) is 48.0 Å². The lowest BCUT2D eigenvalue weighted by Crippen LogP contribution is -2.54.